The summed E-state index contributed by atoms with van der Waals surface area (Å²) >= 11 is 0. The van der Waals surface area contributed by atoms with E-state index in [1.54, 1.807) is 24.3 Å². The summed E-state index contributed by atoms with van der Waals surface area (Å²) in [6.45, 7) is 2.61. The van der Waals surface area contributed by atoms with Crippen molar-refractivity contribution in [2.75, 3.05) is 13.2 Å². The number of benzene rings is 2. The molecule has 0 spiro atoms. The van der Waals surface area contributed by atoms with Crippen LogP contribution in [0.15, 0.2) is 53.4 Å². The monoisotopic (exact) mass is 388 g/mol. The molecule has 3 aromatic rings. The maximum absolute atomic E-state index is 12.1. The molecule has 3 rings (SSSR count). The first-order valence-corrected chi connectivity index (χ1v) is 10.4. The average Bonchev–Trinajstić information content (AvgIpc) is 2.97. The van der Waals surface area contributed by atoms with Crippen LogP contribution in [0.1, 0.15) is 24.8 Å². The van der Waals surface area contributed by atoms with Crippen LogP contribution in [-0.4, -0.2) is 31.2 Å². The molecule has 0 atom stereocenters. The minimum atomic E-state index is -3.68. The number of nitrogens with zero attached hydrogens (tertiary/aromatic N) is 2. The lowest BCUT2D eigenvalue weighted by Gasteiger charge is -2.07. The second-order valence-corrected chi connectivity index (χ2v) is 8.06. The van der Waals surface area contributed by atoms with Gasteiger partial charge >= 0.3 is 0 Å². The van der Waals surface area contributed by atoms with E-state index < -0.39 is 10.1 Å². The lowest BCUT2D eigenvalue weighted by Crippen LogP contribution is -2.08. The van der Waals surface area contributed by atoms with Crippen molar-refractivity contribution >= 4 is 21.2 Å². The molecule has 0 unspecified atom stereocenters. The third-order valence-corrected chi connectivity index (χ3v) is 5.64. The SMILES string of the molecule is Cc1ccc(S(=O)(=O)OCCCCCOc2nc3ccccc3n2C)cc1. The largest absolute Gasteiger partial charge is 0.465 e. The topological polar surface area (TPSA) is 70.4 Å². The lowest BCUT2D eigenvalue weighted by atomic mass is 10.2. The Labute approximate surface area is 159 Å². The zero-order valence-electron chi connectivity index (χ0n) is 15.6. The number of hydrogen-bond donors (Lipinski definition) is 0. The van der Waals surface area contributed by atoms with Crippen molar-refractivity contribution in [1.82, 2.24) is 9.55 Å². The van der Waals surface area contributed by atoms with Crippen molar-refractivity contribution in [2.45, 2.75) is 31.1 Å². The highest BCUT2D eigenvalue weighted by atomic mass is 32.2. The van der Waals surface area contributed by atoms with Gasteiger partial charge in [-0.25, -0.2) is 0 Å². The molecule has 0 saturated heterocycles. The highest BCUT2D eigenvalue weighted by molar-refractivity contribution is 7.86. The van der Waals surface area contributed by atoms with Gasteiger partial charge in [0.1, 0.15) is 0 Å². The van der Waals surface area contributed by atoms with E-state index in [2.05, 4.69) is 4.98 Å². The summed E-state index contributed by atoms with van der Waals surface area (Å²) < 4.78 is 36.9. The van der Waals surface area contributed by atoms with Crippen molar-refractivity contribution in [3.8, 4) is 6.01 Å². The number of aromatic nitrogens is 2. The summed E-state index contributed by atoms with van der Waals surface area (Å²) in [6, 6.07) is 15.1. The fourth-order valence-corrected chi connectivity index (χ4v) is 3.68. The minimum absolute atomic E-state index is 0.169. The van der Waals surface area contributed by atoms with Crippen molar-refractivity contribution in [3.05, 3.63) is 54.1 Å². The molecule has 27 heavy (non-hydrogen) atoms. The Hall–Kier alpha value is -2.38. The first-order valence-electron chi connectivity index (χ1n) is 8.98. The second kappa shape index (κ2) is 8.54. The van der Waals surface area contributed by atoms with Gasteiger partial charge in [-0.15, -0.1) is 0 Å². The van der Waals surface area contributed by atoms with Crippen LogP contribution in [0, 0.1) is 6.92 Å². The molecule has 0 bridgehead atoms. The van der Waals surface area contributed by atoms with Gasteiger partial charge in [-0.1, -0.05) is 29.8 Å². The number of hydrogen-bond acceptors (Lipinski definition) is 5. The van der Waals surface area contributed by atoms with Crippen LogP contribution in [0.3, 0.4) is 0 Å². The molecule has 2 aromatic carbocycles. The number of ether oxygens (including phenoxy) is 1. The maximum atomic E-state index is 12.1. The fraction of sp³-hybridized carbons (Fsp3) is 0.350. The molecule has 7 heteroatoms. The zero-order valence-corrected chi connectivity index (χ0v) is 16.4. The normalized spacial score (nSPS) is 11.8. The summed E-state index contributed by atoms with van der Waals surface area (Å²) in [5.41, 5.74) is 2.95. The Morgan fingerprint density at radius 2 is 1.67 bits per heavy atom. The number of rotatable bonds is 9. The van der Waals surface area contributed by atoms with E-state index in [4.69, 9.17) is 8.92 Å². The van der Waals surface area contributed by atoms with Gasteiger partial charge in [0.15, 0.2) is 0 Å². The quantitative estimate of drug-likeness (QED) is 0.411. The molecule has 1 heterocycles. The van der Waals surface area contributed by atoms with Gasteiger partial charge < -0.3 is 4.74 Å². The number of unbranched alkanes of at least 4 members (excludes halogenated alkanes) is 2. The van der Waals surface area contributed by atoms with E-state index in [0.29, 0.717) is 19.0 Å². The van der Waals surface area contributed by atoms with Crippen molar-refractivity contribution < 1.29 is 17.3 Å². The Balaban J connectivity index is 1.38. The van der Waals surface area contributed by atoms with Crippen LogP contribution in [0.25, 0.3) is 11.0 Å². The summed E-state index contributed by atoms with van der Waals surface area (Å²) in [6.07, 6.45) is 2.27. The molecular formula is C20H24N2O4S. The molecule has 0 N–H and O–H groups in total. The predicted octanol–water partition coefficient (Wildman–Crippen LogP) is 3.84. The summed E-state index contributed by atoms with van der Waals surface area (Å²) in [5.74, 6) is 0. The van der Waals surface area contributed by atoms with Gasteiger partial charge in [0.25, 0.3) is 16.1 Å². The number of imidazole rings is 1. The molecular weight excluding hydrogens is 364 g/mol. The molecule has 0 radical (unpaired) electrons. The van der Waals surface area contributed by atoms with E-state index in [1.165, 1.54) is 0 Å². The highest BCUT2D eigenvalue weighted by Gasteiger charge is 2.14. The van der Waals surface area contributed by atoms with E-state index in [9.17, 15) is 8.42 Å². The van der Waals surface area contributed by atoms with Gasteiger partial charge in [-0.3, -0.25) is 8.75 Å². The standard InChI is InChI=1S/C20H24N2O4S/c1-16-10-12-17(13-11-16)27(23,24)26-15-7-3-6-14-25-20-21-18-8-4-5-9-19(18)22(20)2/h4-5,8-13H,3,6-7,14-15H2,1-2H3. The number of para-hydroxylation sites is 2. The summed E-state index contributed by atoms with van der Waals surface area (Å²) in [5, 5.41) is 0. The highest BCUT2D eigenvalue weighted by Crippen LogP contribution is 2.19. The first kappa shape index (κ1) is 19.4. The minimum Gasteiger partial charge on any atom is -0.465 e. The molecule has 0 fully saturated rings. The Morgan fingerprint density at radius 1 is 0.963 bits per heavy atom. The first-order chi connectivity index (χ1) is 13.0. The van der Waals surface area contributed by atoms with Gasteiger partial charge in [0.05, 0.1) is 29.1 Å². The average molecular weight is 388 g/mol. The summed E-state index contributed by atoms with van der Waals surface area (Å²) in [7, 11) is -1.75. The molecule has 0 amide bonds. The Kier molecular flexibility index (Phi) is 6.13. The molecule has 144 valence electrons. The number of aryl methyl sites for hydroxylation is 2. The predicted molar refractivity (Wildman–Crippen MR) is 104 cm³/mol. The van der Waals surface area contributed by atoms with Gasteiger partial charge in [0, 0.05) is 7.05 Å². The Morgan fingerprint density at radius 3 is 2.41 bits per heavy atom. The van der Waals surface area contributed by atoms with Gasteiger partial charge in [-0.05, 0) is 50.5 Å². The third kappa shape index (κ3) is 4.87. The van der Waals surface area contributed by atoms with Gasteiger partial charge in [0.2, 0.25) is 0 Å². The second-order valence-electron chi connectivity index (χ2n) is 6.44. The number of fused-ring (bicyclic) bond motifs is 1. The van der Waals surface area contributed by atoms with Crippen molar-refractivity contribution in [1.29, 1.82) is 0 Å². The molecule has 0 aliphatic carbocycles. The van der Waals surface area contributed by atoms with Crippen LogP contribution in [0.2, 0.25) is 0 Å². The van der Waals surface area contributed by atoms with E-state index >= 15 is 0 Å². The van der Waals surface area contributed by atoms with Crippen LogP contribution in [0.5, 0.6) is 6.01 Å². The fourth-order valence-electron chi connectivity index (χ4n) is 2.74. The van der Waals surface area contributed by atoms with Crippen LogP contribution < -0.4 is 4.74 Å². The smallest absolute Gasteiger partial charge is 0.297 e. The molecule has 6 nitrogen and oxygen atoms in total. The van der Waals surface area contributed by atoms with E-state index in [1.807, 2.05) is 42.8 Å². The van der Waals surface area contributed by atoms with E-state index in [0.717, 1.165) is 29.4 Å². The van der Waals surface area contributed by atoms with Crippen LogP contribution in [-0.2, 0) is 21.3 Å². The third-order valence-electron chi connectivity index (χ3n) is 4.31. The molecule has 0 aliphatic heterocycles. The van der Waals surface area contributed by atoms with Crippen molar-refractivity contribution in [2.24, 2.45) is 7.05 Å². The van der Waals surface area contributed by atoms with Crippen molar-refractivity contribution in [3.63, 3.8) is 0 Å². The zero-order chi connectivity index (χ0) is 19.3. The van der Waals surface area contributed by atoms with Gasteiger partial charge in [-0.2, -0.15) is 13.4 Å². The van der Waals surface area contributed by atoms with E-state index in [-0.39, 0.29) is 11.5 Å². The molecule has 1 aromatic heterocycles. The van der Waals surface area contributed by atoms with Crippen LogP contribution in [0.4, 0.5) is 0 Å². The van der Waals surface area contributed by atoms with Crippen LogP contribution >= 0.6 is 0 Å². The molecule has 0 saturated carbocycles. The Bertz CT molecular complexity index is 994. The molecule has 0 aliphatic rings. The maximum Gasteiger partial charge on any atom is 0.297 e. The lowest BCUT2D eigenvalue weighted by molar-refractivity contribution is 0.263. The summed E-state index contributed by atoms with van der Waals surface area (Å²) in [4.78, 5) is 4.65.